The number of hydrogen-bond acceptors (Lipinski definition) is 3. The number of nitrogens with zero attached hydrogens (tertiary/aromatic N) is 1. The Kier molecular flexibility index (Phi) is 6.07. The zero-order valence-electron chi connectivity index (χ0n) is 11.6. The third kappa shape index (κ3) is 5.12. The molecule has 0 aliphatic carbocycles. The van der Waals surface area contributed by atoms with E-state index in [0.29, 0.717) is 11.1 Å². The third-order valence-corrected chi connectivity index (χ3v) is 2.49. The lowest BCUT2D eigenvalue weighted by molar-refractivity contribution is 0.0934. The van der Waals surface area contributed by atoms with Gasteiger partial charge in [-0.05, 0) is 33.2 Å². The molecule has 1 amide bonds. The molecule has 0 bridgehead atoms. The van der Waals surface area contributed by atoms with Gasteiger partial charge in [0, 0.05) is 18.2 Å². The van der Waals surface area contributed by atoms with E-state index in [9.17, 15) is 4.79 Å². The van der Waals surface area contributed by atoms with E-state index >= 15 is 0 Å². The fourth-order valence-corrected chi connectivity index (χ4v) is 1.82. The summed E-state index contributed by atoms with van der Waals surface area (Å²) in [6.45, 7) is 2.52. The van der Waals surface area contributed by atoms with Crippen LogP contribution in [-0.2, 0) is 0 Å². The number of rotatable bonds is 4. The lowest BCUT2D eigenvalue weighted by atomic mass is 10.1. The molecule has 1 atom stereocenters. The third-order valence-electron chi connectivity index (χ3n) is 2.49. The lowest BCUT2D eigenvalue weighted by Crippen LogP contribution is -2.39. The van der Waals surface area contributed by atoms with E-state index in [1.807, 2.05) is 32.0 Å². The van der Waals surface area contributed by atoms with Gasteiger partial charge in [-0.3, -0.25) is 4.79 Å². The number of aliphatic hydroxyl groups is 1. The monoisotopic (exact) mass is 260 g/mol. The fraction of sp³-hybridized carbons (Fsp3) is 0.400. The molecule has 0 radical (unpaired) electrons. The van der Waals surface area contributed by atoms with Gasteiger partial charge in [0.05, 0.1) is 5.56 Å². The number of carbonyl (C=O) groups is 1. The lowest BCUT2D eigenvalue weighted by Gasteiger charge is -2.18. The maximum absolute atomic E-state index is 12.2. The molecule has 1 aromatic carbocycles. The molecule has 0 saturated carbocycles. The van der Waals surface area contributed by atoms with Crippen molar-refractivity contribution in [3.05, 3.63) is 35.4 Å². The number of nitrogens with one attached hydrogen (secondary N) is 1. The van der Waals surface area contributed by atoms with Crippen LogP contribution in [-0.4, -0.2) is 49.2 Å². The van der Waals surface area contributed by atoms with Crippen molar-refractivity contribution < 1.29 is 9.90 Å². The van der Waals surface area contributed by atoms with Crippen molar-refractivity contribution in [2.75, 3.05) is 27.2 Å². The zero-order chi connectivity index (χ0) is 14.3. The molecule has 0 aliphatic rings. The quantitative estimate of drug-likeness (QED) is 0.784. The van der Waals surface area contributed by atoms with Crippen LogP contribution in [0.1, 0.15) is 22.8 Å². The fourth-order valence-electron chi connectivity index (χ4n) is 1.82. The van der Waals surface area contributed by atoms with Crippen LogP contribution < -0.4 is 5.32 Å². The predicted molar refractivity (Wildman–Crippen MR) is 75.9 cm³/mol. The molecule has 4 nitrogen and oxygen atoms in total. The topological polar surface area (TPSA) is 52.6 Å². The van der Waals surface area contributed by atoms with Crippen molar-refractivity contribution >= 4 is 5.91 Å². The number of carbonyl (C=O) groups excluding carboxylic acids is 1. The molecule has 19 heavy (non-hydrogen) atoms. The Bertz CT molecular complexity index is 486. The smallest absolute Gasteiger partial charge is 0.252 e. The van der Waals surface area contributed by atoms with Gasteiger partial charge in [-0.15, -0.1) is 0 Å². The molecule has 1 unspecified atom stereocenters. The number of amides is 1. The standard InChI is InChI=1S/C15H20N2O2/c1-12(11-17(2)3)16-15(19)14-9-5-4-7-13(14)8-6-10-18/h4-5,7,9,12,18H,10-11H2,1-3H3,(H,16,19). The maximum atomic E-state index is 12.2. The number of hydrogen-bond donors (Lipinski definition) is 2. The highest BCUT2D eigenvalue weighted by Gasteiger charge is 2.12. The molecule has 0 aliphatic heterocycles. The highest BCUT2D eigenvalue weighted by Crippen LogP contribution is 2.07. The van der Waals surface area contributed by atoms with E-state index in [1.165, 1.54) is 0 Å². The molecule has 0 heterocycles. The number of likely N-dealkylation sites (N-methyl/N-ethyl adjacent to an activating group) is 1. The molecule has 1 rings (SSSR count). The summed E-state index contributed by atoms with van der Waals surface area (Å²) < 4.78 is 0. The van der Waals surface area contributed by atoms with Crippen LogP contribution in [0.4, 0.5) is 0 Å². The average molecular weight is 260 g/mol. The van der Waals surface area contributed by atoms with Crippen LogP contribution in [0.3, 0.4) is 0 Å². The van der Waals surface area contributed by atoms with Crippen LogP contribution in [0.5, 0.6) is 0 Å². The van der Waals surface area contributed by atoms with Crippen molar-refractivity contribution in [2.24, 2.45) is 0 Å². The van der Waals surface area contributed by atoms with E-state index in [2.05, 4.69) is 17.2 Å². The molecule has 1 aromatic rings. The van der Waals surface area contributed by atoms with Gasteiger partial charge in [-0.2, -0.15) is 0 Å². The van der Waals surface area contributed by atoms with Crippen LogP contribution in [0.25, 0.3) is 0 Å². The highest BCUT2D eigenvalue weighted by molar-refractivity contribution is 5.96. The molecule has 102 valence electrons. The van der Waals surface area contributed by atoms with Gasteiger partial charge in [0.25, 0.3) is 5.91 Å². The first-order valence-corrected chi connectivity index (χ1v) is 6.19. The Balaban J connectivity index is 2.82. The second-order valence-corrected chi connectivity index (χ2v) is 4.64. The van der Waals surface area contributed by atoms with Gasteiger partial charge in [0.1, 0.15) is 6.61 Å². The minimum Gasteiger partial charge on any atom is -0.384 e. The van der Waals surface area contributed by atoms with Crippen LogP contribution in [0.2, 0.25) is 0 Å². The Hall–Kier alpha value is -1.83. The molecule has 0 aromatic heterocycles. The van der Waals surface area contributed by atoms with Crippen molar-refractivity contribution in [3.8, 4) is 11.8 Å². The largest absolute Gasteiger partial charge is 0.384 e. The molecular formula is C15H20N2O2. The molecule has 0 saturated heterocycles. The first kappa shape index (κ1) is 15.2. The normalized spacial score (nSPS) is 11.6. The summed E-state index contributed by atoms with van der Waals surface area (Å²) in [5.74, 6) is 5.21. The Morgan fingerprint density at radius 1 is 1.42 bits per heavy atom. The van der Waals surface area contributed by atoms with Crippen LogP contribution >= 0.6 is 0 Å². The summed E-state index contributed by atoms with van der Waals surface area (Å²) in [7, 11) is 3.92. The van der Waals surface area contributed by atoms with Crippen molar-refractivity contribution in [1.82, 2.24) is 10.2 Å². The Morgan fingerprint density at radius 3 is 2.74 bits per heavy atom. The summed E-state index contributed by atoms with van der Waals surface area (Å²) in [6, 6.07) is 7.19. The van der Waals surface area contributed by atoms with E-state index in [4.69, 9.17) is 5.11 Å². The molecule has 0 spiro atoms. The first-order chi connectivity index (χ1) is 9.04. The van der Waals surface area contributed by atoms with Crippen molar-refractivity contribution in [3.63, 3.8) is 0 Å². The second-order valence-electron chi connectivity index (χ2n) is 4.64. The molecular weight excluding hydrogens is 240 g/mol. The average Bonchev–Trinajstić information content (AvgIpc) is 2.35. The summed E-state index contributed by atoms with van der Waals surface area (Å²) in [5.41, 5.74) is 1.17. The van der Waals surface area contributed by atoms with Gasteiger partial charge in [0.2, 0.25) is 0 Å². The van der Waals surface area contributed by atoms with Gasteiger partial charge in [-0.1, -0.05) is 24.0 Å². The van der Waals surface area contributed by atoms with Crippen molar-refractivity contribution in [2.45, 2.75) is 13.0 Å². The molecule has 4 heteroatoms. The minimum absolute atomic E-state index is 0.0568. The van der Waals surface area contributed by atoms with Crippen LogP contribution in [0, 0.1) is 11.8 Å². The highest BCUT2D eigenvalue weighted by atomic mass is 16.2. The Morgan fingerprint density at radius 2 is 2.11 bits per heavy atom. The van der Waals surface area contributed by atoms with Gasteiger partial charge >= 0.3 is 0 Å². The summed E-state index contributed by atoms with van der Waals surface area (Å²) in [6.07, 6.45) is 0. The summed E-state index contributed by atoms with van der Waals surface area (Å²) in [4.78, 5) is 14.2. The number of benzene rings is 1. The van der Waals surface area contributed by atoms with Gasteiger partial charge in [0.15, 0.2) is 0 Å². The van der Waals surface area contributed by atoms with E-state index < -0.39 is 0 Å². The van der Waals surface area contributed by atoms with Crippen LogP contribution in [0.15, 0.2) is 24.3 Å². The Labute approximate surface area is 114 Å². The SMILES string of the molecule is CC(CN(C)C)NC(=O)c1ccccc1C#CCO. The summed E-state index contributed by atoms with van der Waals surface area (Å²) >= 11 is 0. The summed E-state index contributed by atoms with van der Waals surface area (Å²) in [5, 5.41) is 11.7. The maximum Gasteiger partial charge on any atom is 0.252 e. The second kappa shape index (κ2) is 7.57. The van der Waals surface area contributed by atoms with E-state index in [0.717, 1.165) is 6.54 Å². The number of aliphatic hydroxyl groups excluding tert-OH is 1. The molecule has 2 N–H and O–H groups in total. The predicted octanol–water partition coefficient (Wildman–Crippen LogP) is 0.710. The van der Waals surface area contributed by atoms with Gasteiger partial charge < -0.3 is 15.3 Å². The minimum atomic E-state index is -0.215. The zero-order valence-corrected chi connectivity index (χ0v) is 11.6. The molecule has 0 fully saturated rings. The van der Waals surface area contributed by atoms with Crippen molar-refractivity contribution in [1.29, 1.82) is 0 Å². The van der Waals surface area contributed by atoms with E-state index in [-0.39, 0.29) is 18.6 Å². The van der Waals surface area contributed by atoms with E-state index in [1.54, 1.807) is 18.2 Å². The van der Waals surface area contributed by atoms with Gasteiger partial charge in [-0.25, -0.2) is 0 Å². The first-order valence-electron chi connectivity index (χ1n) is 6.19.